The molecule has 0 aliphatic carbocycles. The van der Waals surface area contributed by atoms with E-state index in [4.69, 9.17) is 37.0 Å². The number of rotatable bonds is 71. The van der Waals surface area contributed by atoms with Crippen LogP contribution in [0.4, 0.5) is 0 Å². The second kappa shape index (κ2) is 63.5. The van der Waals surface area contributed by atoms with Gasteiger partial charge in [0, 0.05) is 25.7 Å². The van der Waals surface area contributed by atoms with E-state index in [2.05, 4.69) is 55.4 Å². The normalized spacial score (nSPS) is 14.2. The summed E-state index contributed by atoms with van der Waals surface area (Å²) in [6.45, 7) is 14.1. The van der Waals surface area contributed by atoms with Crippen molar-refractivity contribution in [2.75, 3.05) is 39.6 Å². The van der Waals surface area contributed by atoms with Gasteiger partial charge in [0.05, 0.1) is 26.4 Å². The van der Waals surface area contributed by atoms with Crippen LogP contribution < -0.4 is 0 Å². The van der Waals surface area contributed by atoms with Gasteiger partial charge in [0.2, 0.25) is 0 Å². The van der Waals surface area contributed by atoms with Gasteiger partial charge in [0.1, 0.15) is 19.3 Å². The minimum atomic E-state index is -4.95. The lowest BCUT2D eigenvalue weighted by molar-refractivity contribution is -0.161. The molecule has 0 aliphatic rings. The van der Waals surface area contributed by atoms with Crippen molar-refractivity contribution in [2.24, 2.45) is 23.7 Å². The number of aliphatic hydroxyl groups is 1. The van der Waals surface area contributed by atoms with E-state index in [9.17, 15) is 43.2 Å². The maximum Gasteiger partial charge on any atom is 0.472 e. The highest BCUT2D eigenvalue weighted by Crippen LogP contribution is 2.45. The van der Waals surface area contributed by atoms with E-state index >= 15 is 0 Å². The summed E-state index contributed by atoms with van der Waals surface area (Å²) in [5.41, 5.74) is 0. The Hall–Kier alpha value is -1.94. The second-order valence-corrected chi connectivity index (χ2v) is 31.5. The number of aliphatic hydroxyl groups excluding tert-OH is 1. The van der Waals surface area contributed by atoms with Gasteiger partial charge < -0.3 is 33.8 Å². The fourth-order valence-electron chi connectivity index (χ4n) is 11.2. The monoisotopic (exact) mass is 1370 g/mol. The molecule has 19 heteroatoms. The Morgan fingerprint density at radius 1 is 0.269 bits per heavy atom. The van der Waals surface area contributed by atoms with Crippen LogP contribution >= 0.6 is 15.6 Å². The van der Waals surface area contributed by atoms with Crippen LogP contribution in [0.15, 0.2) is 0 Å². The molecule has 0 aliphatic heterocycles. The van der Waals surface area contributed by atoms with Crippen LogP contribution in [0.1, 0.15) is 370 Å². The van der Waals surface area contributed by atoms with Gasteiger partial charge in [0.15, 0.2) is 12.2 Å². The third-order valence-electron chi connectivity index (χ3n) is 17.1. The quantitative estimate of drug-likeness (QED) is 0.0222. The Morgan fingerprint density at radius 2 is 0.452 bits per heavy atom. The average molecular weight is 1370 g/mol. The zero-order valence-corrected chi connectivity index (χ0v) is 62.7. The summed E-state index contributed by atoms with van der Waals surface area (Å²) >= 11 is 0. The molecule has 552 valence electrons. The SMILES string of the molecule is CC(C)CCCCCCCCCCCCCCCCCC(=O)O[C@H](COC(=O)CCCCCCCCCC(C)C)COP(=O)(O)OC[C@@H](O)COP(=O)(O)OC[C@@H](COC(=O)CCCCCCCCC(C)C)OC(=O)CCCCCCCCCCCCCCCC(C)C. The molecule has 0 rings (SSSR count). The molecule has 0 heterocycles. The number of carbonyl (C=O) groups is 4. The van der Waals surface area contributed by atoms with Crippen molar-refractivity contribution in [3.05, 3.63) is 0 Å². The third kappa shape index (κ3) is 68.4. The minimum Gasteiger partial charge on any atom is -0.462 e. The van der Waals surface area contributed by atoms with E-state index in [1.807, 2.05) is 0 Å². The number of esters is 4. The molecule has 0 fully saturated rings. The molecule has 5 atom stereocenters. The number of hydrogen-bond donors (Lipinski definition) is 3. The Balaban J connectivity index is 5.20. The molecule has 0 aromatic rings. The fraction of sp³-hybridized carbons (Fsp3) is 0.946. The van der Waals surface area contributed by atoms with Gasteiger partial charge in [0.25, 0.3) is 0 Å². The van der Waals surface area contributed by atoms with Gasteiger partial charge in [-0.15, -0.1) is 0 Å². The van der Waals surface area contributed by atoms with Crippen molar-refractivity contribution in [3.8, 4) is 0 Å². The van der Waals surface area contributed by atoms with Crippen LogP contribution in [-0.4, -0.2) is 96.7 Å². The average Bonchev–Trinajstić information content (AvgIpc) is 1.88. The van der Waals surface area contributed by atoms with Crippen LogP contribution in [0.25, 0.3) is 0 Å². The lowest BCUT2D eigenvalue weighted by Gasteiger charge is -2.21. The Kier molecular flexibility index (Phi) is 62.2. The van der Waals surface area contributed by atoms with Gasteiger partial charge >= 0.3 is 39.5 Å². The number of unbranched alkanes of at least 4 members (excludes halogenated alkanes) is 37. The first-order valence-electron chi connectivity index (χ1n) is 38.2. The van der Waals surface area contributed by atoms with E-state index in [0.29, 0.717) is 37.5 Å². The maximum atomic E-state index is 13.0. The lowest BCUT2D eigenvalue weighted by atomic mass is 10.0. The van der Waals surface area contributed by atoms with Gasteiger partial charge in [-0.05, 0) is 49.4 Å². The molecule has 0 saturated carbocycles. The molecule has 0 spiro atoms. The third-order valence-corrected chi connectivity index (χ3v) is 19.0. The zero-order chi connectivity index (χ0) is 68.9. The van der Waals surface area contributed by atoms with Crippen molar-refractivity contribution in [3.63, 3.8) is 0 Å². The molecule has 0 aromatic heterocycles. The molecule has 0 radical (unpaired) electrons. The summed E-state index contributed by atoms with van der Waals surface area (Å²) in [4.78, 5) is 72.6. The van der Waals surface area contributed by atoms with E-state index < -0.39 is 97.5 Å². The van der Waals surface area contributed by atoms with E-state index in [-0.39, 0.29) is 25.7 Å². The van der Waals surface area contributed by atoms with Crippen molar-refractivity contribution in [1.29, 1.82) is 0 Å². The lowest BCUT2D eigenvalue weighted by Crippen LogP contribution is -2.30. The Morgan fingerprint density at radius 3 is 0.667 bits per heavy atom. The van der Waals surface area contributed by atoms with Gasteiger partial charge in [-0.3, -0.25) is 37.3 Å². The van der Waals surface area contributed by atoms with E-state index in [1.165, 1.54) is 161 Å². The predicted octanol–water partition coefficient (Wildman–Crippen LogP) is 21.3. The molecular weight excluding hydrogens is 1220 g/mol. The zero-order valence-electron chi connectivity index (χ0n) is 60.9. The number of hydrogen-bond acceptors (Lipinski definition) is 15. The molecular formula is C74H144O17P2. The summed E-state index contributed by atoms with van der Waals surface area (Å²) < 4.78 is 68.4. The standard InChI is InChI=1S/C74H144O17P2/c1-64(2)50-42-34-26-21-17-13-10-9-11-15-19-23-29-40-48-56-73(78)90-69(60-84-71(76)54-46-38-31-25-28-36-44-52-66(5)6)62-88-92(80,81)86-58-68(75)59-87-93(82,83)89-63-70(61-85-72(77)55-47-39-33-32-37-45-53-67(7)8)91-74(79)57-49-41-30-24-20-16-12-14-18-22-27-35-43-51-65(3)4/h64-70,75H,9-63H2,1-8H3,(H,80,81)(H,82,83)/t68-,69-,70-/m1/s1. The molecule has 0 amide bonds. The number of carbonyl (C=O) groups excluding carboxylic acids is 4. The summed E-state index contributed by atoms with van der Waals surface area (Å²) in [6.07, 6.45) is 47.5. The van der Waals surface area contributed by atoms with E-state index in [1.54, 1.807) is 0 Å². The Bertz CT molecular complexity index is 1830. The summed E-state index contributed by atoms with van der Waals surface area (Å²) in [5, 5.41) is 10.6. The summed E-state index contributed by atoms with van der Waals surface area (Å²) in [7, 11) is -9.91. The highest BCUT2D eigenvalue weighted by Gasteiger charge is 2.30. The highest BCUT2D eigenvalue weighted by atomic mass is 31.2. The van der Waals surface area contributed by atoms with Crippen LogP contribution in [0.3, 0.4) is 0 Å². The number of phosphoric ester groups is 2. The summed E-state index contributed by atoms with van der Waals surface area (Å²) in [5.74, 6) is 0.847. The van der Waals surface area contributed by atoms with Crippen molar-refractivity contribution >= 4 is 39.5 Å². The van der Waals surface area contributed by atoms with Crippen molar-refractivity contribution in [1.82, 2.24) is 0 Å². The first-order chi connectivity index (χ1) is 44.6. The topological polar surface area (TPSA) is 237 Å². The molecule has 93 heavy (non-hydrogen) atoms. The van der Waals surface area contributed by atoms with Gasteiger partial charge in [-0.25, -0.2) is 9.13 Å². The molecule has 0 aromatic carbocycles. The molecule has 0 saturated heterocycles. The minimum absolute atomic E-state index is 0.106. The first kappa shape index (κ1) is 91.1. The van der Waals surface area contributed by atoms with Crippen LogP contribution in [0, 0.1) is 23.7 Å². The number of ether oxygens (including phenoxy) is 4. The molecule has 2 unspecified atom stereocenters. The molecule has 17 nitrogen and oxygen atoms in total. The highest BCUT2D eigenvalue weighted by molar-refractivity contribution is 7.47. The summed E-state index contributed by atoms with van der Waals surface area (Å²) in [6, 6.07) is 0. The predicted molar refractivity (Wildman–Crippen MR) is 377 cm³/mol. The maximum absolute atomic E-state index is 13.0. The van der Waals surface area contributed by atoms with Crippen molar-refractivity contribution in [2.45, 2.75) is 388 Å². The molecule has 3 N–H and O–H groups in total. The van der Waals surface area contributed by atoms with E-state index in [0.717, 1.165) is 115 Å². The van der Waals surface area contributed by atoms with Gasteiger partial charge in [-0.1, -0.05) is 319 Å². The van der Waals surface area contributed by atoms with Crippen LogP contribution in [-0.2, 0) is 65.4 Å². The number of phosphoric acid groups is 2. The smallest absolute Gasteiger partial charge is 0.462 e. The molecule has 0 bridgehead atoms. The fourth-order valence-corrected chi connectivity index (χ4v) is 12.8. The first-order valence-corrected chi connectivity index (χ1v) is 41.2. The largest absolute Gasteiger partial charge is 0.472 e. The second-order valence-electron chi connectivity index (χ2n) is 28.6. The van der Waals surface area contributed by atoms with Crippen LogP contribution in [0.5, 0.6) is 0 Å². The van der Waals surface area contributed by atoms with Gasteiger partial charge in [-0.2, -0.15) is 0 Å². The Labute approximate surface area is 568 Å². The van der Waals surface area contributed by atoms with Crippen molar-refractivity contribution < 1.29 is 80.2 Å². The van der Waals surface area contributed by atoms with Crippen LogP contribution in [0.2, 0.25) is 0 Å².